The van der Waals surface area contributed by atoms with Crippen molar-refractivity contribution in [2.75, 3.05) is 11.1 Å². The summed E-state index contributed by atoms with van der Waals surface area (Å²) in [6.45, 7) is 0. The van der Waals surface area contributed by atoms with E-state index in [-0.39, 0.29) is 17.2 Å². The van der Waals surface area contributed by atoms with Gasteiger partial charge in [0, 0.05) is 11.8 Å². The number of rotatable bonds is 5. The van der Waals surface area contributed by atoms with E-state index in [1.807, 2.05) is 60.7 Å². The van der Waals surface area contributed by atoms with Gasteiger partial charge in [-0.2, -0.15) is 0 Å². The first kappa shape index (κ1) is 17.0. The summed E-state index contributed by atoms with van der Waals surface area (Å²) in [4.78, 5) is 26.8. The molecule has 0 atom stereocenters. The number of amides is 1. The fraction of sp³-hybridized carbons (Fsp3) is 0.0526. The van der Waals surface area contributed by atoms with Crippen LogP contribution in [0.2, 0.25) is 0 Å². The quantitative estimate of drug-likeness (QED) is 0.522. The molecule has 7 nitrogen and oxygen atoms in total. The lowest BCUT2D eigenvalue weighted by atomic mass is 10.1. The highest BCUT2D eigenvalue weighted by atomic mass is 32.2. The molecule has 2 N–H and O–H groups in total. The third-order valence-electron chi connectivity index (χ3n) is 3.84. The van der Waals surface area contributed by atoms with Crippen LogP contribution in [0.3, 0.4) is 0 Å². The van der Waals surface area contributed by atoms with Crippen LogP contribution < -0.4 is 10.9 Å². The third-order valence-corrected chi connectivity index (χ3v) is 4.77. The van der Waals surface area contributed by atoms with Gasteiger partial charge in [0.1, 0.15) is 0 Å². The Hall–Kier alpha value is -3.39. The van der Waals surface area contributed by atoms with Crippen molar-refractivity contribution in [3.05, 3.63) is 77.1 Å². The number of aromatic nitrogens is 4. The van der Waals surface area contributed by atoms with E-state index in [0.717, 1.165) is 11.3 Å². The number of thioether (sulfide) groups is 1. The fourth-order valence-electron chi connectivity index (χ4n) is 2.67. The van der Waals surface area contributed by atoms with E-state index >= 15 is 0 Å². The van der Waals surface area contributed by atoms with Crippen molar-refractivity contribution < 1.29 is 4.79 Å². The third kappa shape index (κ3) is 3.75. The summed E-state index contributed by atoms with van der Waals surface area (Å²) in [7, 11) is 0. The molecule has 27 heavy (non-hydrogen) atoms. The first-order chi connectivity index (χ1) is 13.2. The number of para-hydroxylation sites is 1. The Morgan fingerprint density at radius 2 is 1.74 bits per heavy atom. The van der Waals surface area contributed by atoms with Crippen LogP contribution in [0.1, 0.15) is 0 Å². The number of hydrogen-bond donors (Lipinski definition) is 2. The smallest absolute Gasteiger partial charge is 0.252 e. The van der Waals surface area contributed by atoms with E-state index in [2.05, 4.69) is 20.5 Å². The first-order valence-electron chi connectivity index (χ1n) is 8.22. The highest BCUT2D eigenvalue weighted by Crippen LogP contribution is 2.24. The normalized spacial score (nSPS) is 10.8. The zero-order valence-electron chi connectivity index (χ0n) is 14.1. The number of benzene rings is 2. The first-order valence-corrected chi connectivity index (χ1v) is 9.21. The van der Waals surface area contributed by atoms with Gasteiger partial charge in [-0.15, -0.1) is 10.2 Å². The number of aromatic amines is 1. The van der Waals surface area contributed by atoms with Crippen molar-refractivity contribution in [1.29, 1.82) is 0 Å². The summed E-state index contributed by atoms with van der Waals surface area (Å²) in [5.74, 6) is 0.365. The number of carbonyl (C=O) groups is 1. The van der Waals surface area contributed by atoms with Crippen LogP contribution >= 0.6 is 11.8 Å². The van der Waals surface area contributed by atoms with Crippen molar-refractivity contribution in [3.63, 3.8) is 0 Å². The minimum absolute atomic E-state index is 0.145. The zero-order chi connectivity index (χ0) is 18.6. The molecular formula is C19H15N5O2S. The minimum atomic E-state index is -0.257. The lowest BCUT2D eigenvalue weighted by molar-refractivity contribution is -0.113. The van der Waals surface area contributed by atoms with E-state index < -0.39 is 0 Å². The van der Waals surface area contributed by atoms with E-state index in [1.54, 1.807) is 4.40 Å². The molecule has 0 fully saturated rings. The Morgan fingerprint density at radius 1 is 1.04 bits per heavy atom. The Bertz CT molecular complexity index is 1140. The van der Waals surface area contributed by atoms with Gasteiger partial charge in [0.05, 0.1) is 11.4 Å². The SMILES string of the molecule is O=C(CSc1nnc2[nH]c(=O)cc(-c3ccccc3)n12)Nc1ccccc1. The average molecular weight is 377 g/mol. The predicted molar refractivity (Wildman–Crippen MR) is 105 cm³/mol. The molecule has 2 aromatic heterocycles. The molecular weight excluding hydrogens is 362 g/mol. The number of nitrogens with one attached hydrogen (secondary N) is 2. The molecule has 1 amide bonds. The number of anilines is 1. The summed E-state index contributed by atoms with van der Waals surface area (Å²) in [6.07, 6.45) is 0. The van der Waals surface area contributed by atoms with Gasteiger partial charge in [-0.25, -0.2) is 0 Å². The highest BCUT2D eigenvalue weighted by Gasteiger charge is 2.14. The number of nitrogens with zero attached hydrogens (tertiary/aromatic N) is 3. The Morgan fingerprint density at radius 3 is 2.48 bits per heavy atom. The van der Waals surface area contributed by atoms with Crippen LogP contribution in [0.15, 0.2) is 76.7 Å². The molecule has 0 unspecified atom stereocenters. The number of fused-ring (bicyclic) bond motifs is 1. The van der Waals surface area contributed by atoms with Crippen molar-refractivity contribution in [1.82, 2.24) is 19.6 Å². The topological polar surface area (TPSA) is 92.2 Å². The molecule has 0 saturated heterocycles. The molecule has 0 aliphatic carbocycles. The molecule has 0 saturated carbocycles. The monoisotopic (exact) mass is 377 g/mol. The van der Waals surface area contributed by atoms with Gasteiger partial charge in [-0.3, -0.25) is 19.0 Å². The van der Waals surface area contributed by atoms with E-state index in [9.17, 15) is 9.59 Å². The van der Waals surface area contributed by atoms with Crippen molar-refractivity contribution in [2.45, 2.75) is 5.16 Å². The van der Waals surface area contributed by atoms with Gasteiger partial charge in [-0.1, -0.05) is 60.3 Å². The second-order valence-electron chi connectivity index (χ2n) is 5.73. The standard InChI is InChI=1S/C19H15N5O2S/c25-16-11-15(13-7-3-1-4-8-13)24-18(21-16)22-23-19(24)27-12-17(26)20-14-9-5-2-6-10-14/h1-11H,12H2,(H,20,26)(H,21,22,25). The van der Waals surface area contributed by atoms with Crippen LogP contribution in [0.5, 0.6) is 0 Å². The Balaban J connectivity index is 1.61. The molecule has 0 bridgehead atoms. The molecule has 0 aliphatic rings. The maximum Gasteiger partial charge on any atom is 0.252 e. The molecule has 4 rings (SSSR count). The van der Waals surface area contributed by atoms with Crippen molar-refractivity contribution in [2.24, 2.45) is 0 Å². The number of carbonyl (C=O) groups excluding carboxylic acids is 1. The van der Waals surface area contributed by atoms with Crippen LogP contribution in [0.4, 0.5) is 5.69 Å². The predicted octanol–water partition coefficient (Wildman–Crippen LogP) is 2.82. The minimum Gasteiger partial charge on any atom is -0.325 e. The number of H-pyrrole nitrogens is 1. The van der Waals surface area contributed by atoms with Crippen molar-refractivity contribution in [3.8, 4) is 11.3 Å². The Labute approximate surface area is 158 Å². The lowest BCUT2D eigenvalue weighted by Gasteiger charge is -2.07. The zero-order valence-corrected chi connectivity index (χ0v) is 14.9. The molecule has 0 aliphatic heterocycles. The lowest BCUT2D eigenvalue weighted by Crippen LogP contribution is -2.14. The van der Waals surface area contributed by atoms with Crippen LogP contribution in [0, 0.1) is 0 Å². The van der Waals surface area contributed by atoms with E-state index in [4.69, 9.17) is 0 Å². The van der Waals surface area contributed by atoms with Crippen LogP contribution in [0.25, 0.3) is 17.0 Å². The van der Waals surface area contributed by atoms with Crippen LogP contribution in [-0.2, 0) is 4.79 Å². The fourth-order valence-corrected chi connectivity index (χ4v) is 3.41. The van der Waals surface area contributed by atoms with E-state index in [0.29, 0.717) is 16.6 Å². The van der Waals surface area contributed by atoms with Gasteiger partial charge in [-0.05, 0) is 17.7 Å². The molecule has 0 spiro atoms. The Kier molecular flexibility index (Phi) is 4.71. The van der Waals surface area contributed by atoms with Gasteiger partial charge < -0.3 is 5.32 Å². The average Bonchev–Trinajstić information content (AvgIpc) is 3.10. The van der Waals surface area contributed by atoms with Gasteiger partial charge in [0.2, 0.25) is 11.7 Å². The van der Waals surface area contributed by atoms with Gasteiger partial charge in [0.15, 0.2) is 5.16 Å². The molecule has 4 aromatic rings. The highest BCUT2D eigenvalue weighted by molar-refractivity contribution is 7.99. The molecule has 2 heterocycles. The van der Waals surface area contributed by atoms with Crippen molar-refractivity contribution >= 4 is 29.1 Å². The molecule has 134 valence electrons. The molecule has 0 radical (unpaired) electrons. The number of hydrogen-bond acceptors (Lipinski definition) is 5. The van der Waals surface area contributed by atoms with Gasteiger partial charge in [0.25, 0.3) is 5.56 Å². The maximum absolute atomic E-state index is 12.2. The second kappa shape index (κ2) is 7.46. The summed E-state index contributed by atoms with van der Waals surface area (Å²) in [6, 6.07) is 20.3. The van der Waals surface area contributed by atoms with E-state index in [1.165, 1.54) is 17.8 Å². The largest absolute Gasteiger partial charge is 0.325 e. The summed E-state index contributed by atoms with van der Waals surface area (Å²) in [5, 5.41) is 11.5. The second-order valence-corrected chi connectivity index (χ2v) is 6.67. The molecule has 8 heteroatoms. The maximum atomic E-state index is 12.2. The summed E-state index contributed by atoms with van der Waals surface area (Å²) < 4.78 is 1.75. The molecule has 2 aromatic carbocycles. The summed E-state index contributed by atoms with van der Waals surface area (Å²) >= 11 is 1.25. The van der Waals surface area contributed by atoms with Gasteiger partial charge >= 0.3 is 0 Å². The summed E-state index contributed by atoms with van der Waals surface area (Å²) in [5.41, 5.74) is 2.02. The van der Waals surface area contributed by atoms with Crippen LogP contribution in [-0.4, -0.2) is 31.2 Å².